The molecule has 0 N–H and O–H groups in total. The summed E-state index contributed by atoms with van der Waals surface area (Å²) in [6.45, 7) is 5.51. The van der Waals surface area contributed by atoms with Crippen molar-refractivity contribution in [2.24, 2.45) is 0 Å². The van der Waals surface area contributed by atoms with Crippen LogP contribution in [0.3, 0.4) is 0 Å². The number of benzene rings is 1. The second kappa shape index (κ2) is 5.06. The normalized spacial score (nSPS) is 26.1. The van der Waals surface area contributed by atoms with Crippen LogP contribution in [-0.2, 0) is 14.8 Å². The fraction of sp³-hybridized carbons (Fsp3) is 0.476. The molecule has 1 amide bonds. The predicted octanol–water partition coefficient (Wildman–Crippen LogP) is 2.85. The summed E-state index contributed by atoms with van der Waals surface area (Å²) >= 11 is 0. The van der Waals surface area contributed by atoms with E-state index in [4.69, 9.17) is 13.4 Å². The van der Waals surface area contributed by atoms with Crippen molar-refractivity contribution in [2.75, 3.05) is 6.98 Å². The van der Waals surface area contributed by atoms with Gasteiger partial charge >= 0.3 is 7.12 Å². The molecule has 2 aliphatic heterocycles. The molecule has 3 heterocycles. The van der Waals surface area contributed by atoms with E-state index in [-0.39, 0.29) is 0 Å². The van der Waals surface area contributed by atoms with Gasteiger partial charge in [0.2, 0.25) is 0 Å². The lowest BCUT2D eigenvalue weighted by molar-refractivity contribution is 0.00578. The second-order valence-electron chi connectivity index (χ2n) is 8.80. The molecule has 1 spiro atoms. The number of aromatic nitrogens is 1. The fourth-order valence-corrected chi connectivity index (χ4v) is 4.07. The van der Waals surface area contributed by atoms with Crippen molar-refractivity contribution in [2.45, 2.75) is 57.3 Å². The molecular weight excluding hydrogens is 339 g/mol. The van der Waals surface area contributed by atoms with E-state index in [9.17, 15) is 4.79 Å². The van der Waals surface area contributed by atoms with Crippen LogP contribution >= 0.6 is 0 Å². The average Bonchev–Trinajstić information content (AvgIpc) is 3.19. The van der Waals surface area contributed by atoms with Gasteiger partial charge in [-0.05, 0) is 64.2 Å². The fourth-order valence-electron chi connectivity index (χ4n) is 4.07. The monoisotopic (exact) mass is 367 g/mol. The van der Waals surface area contributed by atoms with E-state index in [0.29, 0.717) is 18.5 Å². The number of nitrogens with zero attached hydrogens (tertiary/aromatic N) is 2. The van der Waals surface area contributed by atoms with Gasteiger partial charge in [0.05, 0.1) is 22.4 Å². The van der Waals surface area contributed by atoms with Crippen LogP contribution < -0.4 is 5.46 Å². The molecule has 2 aromatic rings. The first-order valence-corrected chi connectivity index (χ1v) is 9.40. The Morgan fingerprint density at radius 1 is 1.11 bits per heavy atom. The van der Waals surface area contributed by atoms with Crippen molar-refractivity contribution in [1.82, 2.24) is 9.47 Å². The maximum absolute atomic E-state index is 13.3. The Morgan fingerprint density at radius 3 is 2.44 bits per heavy atom. The molecule has 0 bridgehead atoms. The maximum Gasteiger partial charge on any atom is 0.494 e. The van der Waals surface area contributed by atoms with Gasteiger partial charge in [-0.25, -0.2) is 0 Å². The number of amides is 1. The first-order chi connectivity index (χ1) is 13.9. The number of rotatable bonds is 1. The lowest BCUT2D eigenvalue weighted by Crippen LogP contribution is -2.41. The van der Waals surface area contributed by atoms with Crippen molar-refractivity contribution >= 4 is 18.5 Å². The Hall–Kier alpha value is -2.05. The topological polar surface area (TPSA) is 43.7 Å². The largest absolute Gasteiger partial charge is 0.494 e. The zero-order chi connectivity index (χ0) is 21.7. The molecule has 3 aliphatic rings. The summed E-state index contributed by atoms with van der Waals surface area (Å²) in [5, 5.41) is 0. The summed E-state index contributed by atoms with van der Waals surface area (Å²) in [5.41, 5.74) is 1.12. The first kappa shape index (κ1) is 14.0. The lowest BCUT2D eigenvalue weighted by atomic mass is 9.77. The second-order valence-corrected chi connectivity index (χ2v) is 8.80. The van der Waals surface area contributed by atoms with Crippen molar-refractivity contribution < 1.29 is 18.2 Å². The summed E-state index contributed by atoms with van der Waals surface area (Å²) in [5.74, 6) is -0.467. The Labute approximate surface area is 164 Å². The highest BCUT2D eigenvalue weighted by molar-refractivity contribution is 6.62. The number of hydrogen-bond acceptors (Lipinski definition) is 3. The van der Waals surface area contributed by atoms with Crippen LogP contribution in [-0.4, -0.2) is 40.7 Å². The van der Waals surface area contributed by atoms with Crippen molar-refractivity contribution in [3.05, 3.63) is 47.8 Å². The molecule has 0 radical (unpaired) electrons. The molecule has 1 aliphatic carbocycles. The molecule has 5 rings (SSSR count). The van der Waals surface area contributed by atoms with Crippen LogP contribution in [0.25, 0.3) is 5.69 Å². The highest BCUT2D eigenvalue weighted by Gasteiger charge is 2.55. The van der Waals surface area contributed by atoms with E-state index in [1.807, 2.05) is 45.9 Å². The number of hydrogen-bond donors (Lipinski definition) is 0. The minimum Gasteiger partial charge on any atom is -0.399 e. The van der Waals surface area contributed by atoms with Crippen LogP contribution in [0.5, 0.6) is 0 Å². The van der Waals surface area contributed by atoms with Crippen LogP contribution in [0.2, 0.25) is 0 Å². The summed E-state index contributed by atoms with van der Waals surface area (Å²) in [6, 6.07) is 9.27. The summed E-state index contributed by atoms with van der Waals surface area (Å²) in [4.78, 5) is 14.4. The lowest BCUT2D eigenvalue weighted by Gasteiger charge is -2.32. The molecule has 1 saturated heterocycles. The molecule has 140 valence electrons. The Balaban J connectivity index is 1.67. The van der Waals surface area contributed by atoms with Crippen LogP contribution in [0.4, 0.5) is 0 Å². The quantitative estimate of drug-likeness (QED) is 0.728. The molecular formula is C21H25BN2O3. The van der Waals surface area contributed by atoms with E-state index < -0.39 is 36.7 Å². The summed E-state index contributed by atoms with van der Waals surface area (Å²) in [6.07, 6.45) is 3.06. The minimum atomic E-state index is -2.52. The number of fused-ring (bicyclic) bond motifs is 4. The molecule has 0 unspecified atom stereocenters. The van der Waals surface area contributed by atoms with Gasteiger partial charge in [-0.15, -0.1) is 0 Å². The highest BCUT2D eigenvalue weighted by atomic mass is 16.7. The number of carbonyl (C=O) groups excluding carboxylic acids is 1. The zero-order valence-corrected chi connectivity index (χ0v) is 16.1. The molecule has 2 fully saturated rings. The third-order valence-electron chi connectivity index (χ3n) is 6.63. The van der Waals surface area contributed by atoms with E-state index in [1.54, 1.807) is 22.9 Å². The Bertz CT molecular complexity index is 1040. The van der Waals surface area contributed by atoms with Gasteiger partial charge in [0.25, 0.3) is 5.91 Å². The smallest absolute Gasteiger partial charge is 0.399 e. The minimum absolute atomic E-state index is 0.349. The van der Waals surface area contributed by atoms with Crippen molar-refractivity contribution in [3.8, 4) is 5.69 Å². The van der Waals surface area contributed by atoms with Gasteiger partial charge < -0.3 is 18.8 Å². The SMILES string of the molecule is [2H]C([2H])([2H])N1C(=O)c2cccn2-c2cc(B3OC(C)(C)C(C)(C)O3)ccc2C12CC2. The van der Waals surface area contributed by atoms with Gasteiger partial charge in [0.1, 0.15) is 5.69 Å². The predicted molar refractivity (Wildman–Crippen MR) is 104 cm³/mol. The van der Waals surface area contributed by atoms with Gasteiger partial charge in [-0.1, -0.05) is 12.1 Å². The molecule has 1 aromatic carbocycles. The molecule has 5 nitrogen and oxygen atoms in total. The molecule has 6 heteroatoms. The average molecular weight is 367 g/mol. The van der Waals surface area contributed by atoms with Crippen LogP contribution in [0, 0.1) is 0 Å². The first-order valence-electron chi connectivity index (χ1n) is 10.9. The Morgan fingerprint density at radius 2 is 1.81 bits per heavy atom. The maximum atomic E-state index is 13.3. The summed E-state index contributed by atoms with van der Waals surface area (Å²) in [7, 11) is -0.535. The van der Waals surface area contributed by atoms with Crippen LogP contribution in [0.15, 0.2) is 36.5 Å². The van der Waals surface area contributed by atoms with Gasteiger partial charge in [-0.3, -0.25) is 4.79 Å². The molecule has 0 atom stereocenters. The standard InChI is InChI=1S/C21H25BN2O3/c1-19(2)20(3,4)27-22(26-19)14-8-9-15-17(13-14)24-12-6-7-16(24)18(25)23(5)21(15)10-11-21/h6-9,12-13H,10-11H2,1-5H3/i5D3. The summed E-state index contributed by atoms with van der Waals surface area (Å²) < 4.78 is 38.3. The van der Waals surface area contributed by atoms with Crippen molar-refractivity contribution in [3.63, 3.8) is 0 Å². The highest BCUT2D eigenvalue weighted by Crippen LogP contribution is 2.53. The van der Waals surface area contributed by atoms with E-state index >= 15 is 0 Å². The number of carbonyl (C=O) groups is 1. The molecule has 1 saturated carbocycles. The molecule has 27 heavy (non-hydrogen) atoms. The van der Waals surface area contributed by atoms with E-state index in [1.165, 1.54) is 0 Å². The van der Waals surface area contributed by atoms with E-state index in [2.05, 4.69) is 0 Å². The van der Waals surface area contributed by atoms with Gasteiger partial charge in [-0.2, -0.15) is 0 Å². The van der Waals surface area contributed by atoms with Crippen molar-refractivity contribution in [1.29, 1.82) is 0 Å². The van der Waals surface area contributed by atoms with Gasteiger partial charge in [0.15, 0.2) is 0 Å². The van der Waals surface area contributed by atoms with Crippen LogP contribution in [0.1, 0.15) is 60.7 Å². The zero-order valence-electron chi connectivity index (χ0n) is 19.1. The van der Waals surface area contributed by atoms with E-state index in [0.717, 1.165) is 21.6 Å². The van der Waals surface area contributed by atoms with Gasteiger partial charge in [0, 0.05) is 22.8 Å². The third-order valence-corrected chi connectivity index (χ3v) is 6.63. The Kier molecular flexibility index (Phi) is 2.63. The molecule has 1 aromatic heterocycles. The third kappa shape index (κ3) is 2.17.